The zero-order valence-corrected chi connectivity index (χ0v) is 14.2. The van der Waals surface area contributed by atoms with Crippen LogP contribution >= 0.6 is 0 Å². The number of methoxy groups -OCH3 is 1. The first kappa shape index (κ1) is 16.5. The molecule has 1 aliphatic heterocycles. The summed E-state index contributed by atoms with van der Waals surface area (Å²) in [5, 5.41) is 10.3. The van der Waals surface area contributed by atoms with Crippen molar-refractivity contribution in [1.82, 2.24) is 14.4 Å². The third-order valence-corrected chi connectivity index (χ3v) is 4.77. The van der Waals surface area contributed by atoms with Gasteiger partial charge in [0.1, 0.15) is 17.5 Å². The summed E-state index contributed by atoms with van der Waals surface area (Å²) >= 11 is 0. The van der Waals surface area contributed by atoms with Gasteiger partial charge in [0.2, 0.25) is 0 Å². The summed E-state index contributed by atoms with van der Waals surface area (Å²) in [7, 11) is 3.73. The van der Waals surface area contributed by atoms with Crippen LogP contribution in [0.1, 0.15) is 16.1 Å². The SMILES string of the molecule is COc1ccc2c(c1)c(C=O)c(C#N)n2CCN1CCN(C)CC1. The number of benzene rings is 1. The molecule has 126 valence electrons. The summed E-state index contributed by atoms with van der Waals surface area (Å²) in [4.78, 5) is 16.3. The summed E-state index contributed by atoms with van der Waals surface area (Å²) in [5.41, 5.74) is 1.79. The van der Waals surface area contributed by atoms with Gasteiger partial charge < -0.3 is 14.2 Å². The average molecular weight is 326 g/mol. The molecule has 0 spiro atoms. The van der Waals surface area contributed by atoms with E-state index in [2.05, 4.69) is 22.9 Å². The quantitative estimate of drug-likeness (QED) is 0.781. The lowest BCUT2D eigenvalue weighted by Gasteiger charge is -2.32. The Bertz CT molecular complexity index is 782. The number of piperazine rings is 1. The van der Waals surface area contributed by atoms with Crippen LogP contribution in [0.15, 0.2) is 18.2 Å². The minimum absolute atomic E-state index is 0.433. The van der Waals surface area contributed by atoms with Crippen LogP contribution in [0, 0.1) is 11.3 Å². The van der Waals surface area contributed by atoms with Crippen molar-refractivity contribution in [3.8, 4) is 11.8 Å². The normalized spacial score (nSPS) is 16.2. The summed E-state index contributed by atoms with van der Waals surface area (Å²) in [6.45, 7) is 5.76. The van der Waals surface area contributed by atoms with Crippen molar-refractivity contribution < 1.29 is 9.53 Å². The number of hydrogen-bond donors (Lipinski definition) is 0. The second-order valence-electron chi connectivity index (χ2n) is 6.17. The maximum absolute atomic E-state index is 11.5. The molecule has 1 aliphatic rings. The summed E-state index contributed by atoms with van der Waals surface area (Å²) in [5.74, 6) is 0.686. The van der Waals surface area contributed by atoms with Crippen molar-refractivity contribution in [2.24, 2.45) is 0 Å². The fourth-order valence-electron chi connectivity index (χ4n) is 3.27. The molecule has 0 aliphatic carbocycles. The Balaban J connectivity index is 1.91. The number of nitrogens with zero attached hydrogens (tertiary/aromatic N) is 4. The lowest BCUT2D eigenvalue weighted by atomic mass is 10.1. The third kappa shape index (κ3) is 3.01. The van der Waals surface area contributed by atoms with E-state index in [0.717, 1.165) is 49.9 Å². The molecule has 1 aromatic carbocycles. The summed E-state index contributed by atoms with van der Waals surface area (Å²) in [6, 6.07) is 7.81. The molecule has 3 rings (SSSR count). The van der Waals surface area contributed by atoms with Gasteiger partial charge in [-0.3, -0.25) is 9.69 Å². The highest BCUT2D eigenvalue weighted by atomic mass is 16.5. The highest BCUT2D eigenvalue weighted by Crippen LogP contribution is 2.28. The van der Waals surface area contributed by atoms with E-state index in [1.54, 1.807) is 7.11 Å². The van der Waals surface area contributed by atoms with Crippen LogP contribution in [-0.4, -0.2) is 67.5 Å². The molecular weight excluding hydrogens is 304 g/mol. The van der Waals surface area contributed by atoms with Gasteiger partial charge in [0, 0.05) is 44.7 Å². The maximum atomic E-state index is 11.5. The minimum atomic E-state index is 0.433. The molecule has 1 aromatic heterocycles. The van der Waals surface area contributed by atoms with E-state index in [0.29, 0.717) is 23.6 Å². The second kappa shape index (κ2) is 7.04. The molecule has 1 saturated heterocycles. The number of fused-ring (bicyclic) bond motifs is 1. The van der Waals surface area contributed by atoms with Gasteiger partial charge in [0.25, 0.3) is 0 Å². The monoisotopic (exact) mass is 326 g/mol. The topological polar surface area (TPSA) is 61.5 Å². The first-order valence-corrected chi connectivity index (χ1v) is 8.14. The fraction of sp³-hybridized carbons (Fsp3) is 0.444. The Morgan fingerprint density at radius 2 is 2.00 bits per heavy atom. The largest absolute Gasteiger partial charge is 0.497 e. The van der Waals surface area contributed by atoms with Gasteiger partial charge in [-0.1, -0.05) is 0 Å². The minimum Gasteiger partial charge on any atom is -0.497 e. The number of rotatable bonds is 5. The van der Waals surface area contributed by atoms with Crippen molar-refractivity contribution in [2.75, 3.05) is 46.9 Å². The number of aromatic nitrogens is 1. The molecule has 6 heteroatoms. The van der Waals surface area contributed by atoms with Gasteiger partial charge in [-0.05, 0) is 25.2 Å². The molecule has 6 nitrogen and oxygen atoms in total. The van der Waals surface area contributed by atoms with E-state index < -0.39 is 0 Å². The number of aldehydes is 1. The van der Waals surface area contributed by atoms with Crippen LogP contribution in [-0.2, 0) is 6.54 Å². The fourth-order valence-corrected chi connectivity index (χ4v) is 3.27. The van der Waals surface area contributed by atoms with Crippen LogP contribution in [0.3, 0.4) is 0 Å². The summed E-state index contributed by atoms with van der Waals surface area (Å²) < 4.78 is 7.20. The zero-order chi connectivity index (χ0) is 17.1. The van der Waals surface area contributed by atoms with Gasteiger partial charge >= 0.3 is 0 Å². The van der Waals surface area contributed by atoms with Gasteiger partial charge in [-0.25, -0.2) is 0 Å². The molecule has 24 heavy (non-hydrogen) atoms. The first-order valence-electron chi connectivity index (χ1n) is 8.14. The van der Waals surface area contributed by atoms with Gasteiger partial charge in [-0.15, -0.1) is 0 Å². The first-order chi connectivity index (χ1) is 11.7. The Morgan fingerprint density at radius 1 is 1.25 bits per heavy atom. The van der Waals surface area contributed by atoms with Crippen LogP contribution < -0.4 is 4.74 Å². The molecule has 0 atom stereocenters. The van der Waals surface area contributed by atoms with Gasteiger partial charge in [0.15, 0.2) is 6.29 Å². The zero-order valence-electron chi connectivity index (χ0n) is 14.2. The van der Waals surface area contributed by atoms with Gasteiger partial charge in [-0.2, -0.15) is 5.26 Å². The Morgan fingerprint density at radius 3 is 2.62 bits per heavy atom. The van der Waals surface area contributed by atoms with Crippen molar-refractivity contribution in [3.05, 3.63) is 29.5 Å². The molecule has 1 fully saturated rings. The molecule has 2 aromatic rings. The van der Waals surface area contributed by atoms with Crippen LogP contribution in [0.25, 0.3) is 10.9 Å². The predicted octanol–water partition coefficient (Wildman–Crippen LogP) is 1.58. The highest BCUT2D eigenvalue weighted by molar-refractivity contribution is 6.01. The number of hydrogen-bond acceptors (Lipinski definition) is 5. The molecule has 2 heterocycles. The Labute approximate surface area is 141 Å². The molecule has 0 bridgehead atoms. The van der Waals surface area contributed by atoms with E-state index in [-0.39, 0.29) is 0 Å². The standard InChI is InChI=1S/C18H22N4O2/c1-20-5-7-21(8-6-20)9-10-22-17-4-3-14(24-2)11-15(17)16(13-23)18(22)12-19/h3-4,11,13H,5-10H2,1-2H3. The van der Waals surface area contributed by atoms with Crippen molar-refractivity contribution in [2.45, 2.75) is 6.54 Å². The van der Waals surface area contributed by atoms with Crippen molar-refractivity contribution in [3.63, 3.8) is 0 Å². The number of carbonyl (C=O) groups excluding carboxylic acids is 1. The lowest BCUT2D eigenvalue weighted by molar-refractivity contribution is 0.112. The van der Waals surface area contributed by atoms with Crippen molar-refractivity contribution >= 4 is 17.2 Å². The van der Waals surface area contributed by atoms with Crippen LogP contribution in [0.2, 0.25) is 0 Å². The number of nitriles is 1. The highest BCUT2D eigenvalue weighted by Gasteiger charge is 2.19. The molecule has 0 amide bonds. The second-order valence-corrected chi connectivity index (χ2v) is 6.17. The van der Waals surface area contributed by atoms with E-state index >= 15 is 0 Å². The van der Waals surface area contributed by atoms with Crippen LogP contribution in [0.5, 0.6) is 5.75 Å². The molecule has 0 saturated carbocycles. The molecule has 0 N–H and O–H groups in total. The smallest absolute Gasteiger partial charge is 0.153 e. The Hall–Kier alpha value is -2.36. The number of ether oxygens (including phenoxy) is 1. The Kier molecular flexibility index (Phi) is 4.84. The van der Waals surface area contributed by atoms with E-state index in [9.17, 15) is 10.1 Å². The van der Waals surface area contributed by atoms with E-state index in [1.165, 1.54) is 0 Å². The lowest BCUT2D eigenvalue weighted by Crippen LogP contribution is -2.45. The summed E-state index contributed by atoms with van der Waals surface area (Å²) in [6.07, 6.45) is 0.771. The van der Waals surface area contributed by atoms with Gasteiger partial charge in [0.05, 0.1) is 18.2 Å². The van der Waals surface area contributed by atoms with Crippen molar-refractivity contribution in [1.29, 1.82) is 5.26 Å². The predicted molar refractivity (Wildman–Crippen MR) is 92.5 cm³/mol. The van der Waals surface area contributed by atoms with E-state index in [1.807, 2.05) is 22.8 Å². The number of likely N-dealkylation sites (N-methyl/N-ethyl adjacent to an activating group) is 1. The molecular formula is C18H22N4O2. The number of carbonyl (C=O) groups is 1. The van der Waals surface area contributed by atoms with E-state index in [4.69, 9.17) is 4.74 Å². The maximum Gasteiger partial charge on any atom is 0.153 e. The average Bonchev–Trinajstić information content (AvgIpc) is 2.92. The third-order valence-electron chi connectivity index (χ3n) is 4.77. The molecule has 0 radical (unpaired) electrons. The van der Waals surface area contributed by atoms with Crippen LogP contribution in [0.4, 0.5) is 0 Å². The molecule has 0 unspecified atom stereocenters.